The molecule has 0 aromatic heterocycles. The Kier molecular flexibility index (Phi) is 6.82. The number of amidine groups is 1. The normalized spacial score (nSPS) is 21.7. The number of ketones is 1. The van der Waals surface area contributed by atoms with Crippen molar-refractivity contribution in [1.82, 2.24) is 4.90 Å². The van der Waals surface area contributed by atoms with E-state index < -0.39 is 4.92 Å². The van der Waals surface area contributed by atoms with Crippen LogP contribution in [0.5, 0.6) is 11.5 Å². The van der Waals surface area contributed by atoms with E-state index in [1.165, 1.54) is 12.1 Å². The molecule has 1 saturated heterocycles. The molecule has 1 aliphatic heterocycles. The van der Waals surface area contributed by atoms with E-state index in [0.29, 0.717) is 30.1 Å². The van der Waals surface area contributed by atoms with Crippen LogP contribution in [0, 0.1) is 27.4 Å². The maximum atomic E-state index is 13.4. The van der Waals surface area contributed by atoms with Crippen molar-refractivity contribution in [2.24, 2.45) is 11.8 Å². The van der Waals surface area contributed by atoms with E-state index >= 15 is 0 Å². The van der Waals surface area contributed by atoms with Crippen molar-refractivity contribution in [3.05, 3.63) is 63.2 Å². The fourth-order valence-electron chi connectivity index (χ4n) is 5.51. The number of phenolic OH excluding ortho intramolecular Hbond substituents is 1. The fourth-order valence-corrected chi connectivity index (χ4v) is 5.51. The molecule has 0 spiro atoms. The second kappa shape index (κ2) is 9.47. The summed E-state index contributed by atoms with van der Waals surface area (Å²) < 4.78 is 6.05. The van der Waals surface area contributed by atoms with Crippen LogP contribution in [0.4, 0.5) is 5.69 Å². The number of fused-ring (bicyclic) bond motifs is 1. The van der Waals surface area contributed by atoms with E-state index in [1.807, 2.05) is 58.6 Å². The third-order valence-corrected chi connectivity index (χ3v) is 7.53. The van der Waals surface area contributed by atoms with Gasteiger partial charge in [-0.3, -0.25) is 20.3 Å². The number of aromatic hydroxyl groups is 1. The highest BCUT2D eigenvalue weighted by Crippen LogP contribution is 2.42. The Labute approximate surface area is 218 Å². The predicted octanol–water partition coefficient (Wildman–Crippen LogP) is 5.84. The number of nitro benzene ring substituents is 1. The first-order valence-electron chi connectivity index (χ1n) is 12.8. The monoisotopic (exact) mass is 507 g/mol. The molecular weight excluding hydrogens is 470 g/mol. The Bertz CT molecular complexity index is 1190. The summed E-state index contributed by atoms with van der Waals surface area (Å²) in [7, 11) is 0. The molecule has 0 unspecified atom stereocenters. The molecule has 3 atom stereocenters. The molecule has 1 aliphatic carbocycles. The predicted molar refractivity (Wildman–Crippen MR) is 143 cm³/mol. The van der Waals surface area contributed by atoms with Gasteiger partial charge in [0.2, 0.25) is 0 Å². The Morgan fingerprint density at radius 3 is 2.14 bits per heavy atom. The molecule has 8 heteroatoms. The summed E-state index contributed by atoms with van der Waals surface area (Å²) in [5.74, 6) is 1.52. The van der Waals surface area contributed by atoms with E-state index in [2.05, 4.69) is 0 Å². The lowest BCUT2D eigenvalue weighted by Crippen LogP contribution is -2.34. The van der Waals surface area contributed by atoms with Crippen molar-refractivity contribution in [3.8, 4) is 11.5 Å². The third-order valence-electron chi connectivity index (χ3n) is 7.53. The molecule has 2 aliphatic rings. The molecule has 8 nitrogen and oxygen atoms in total. The summed E-state index contributed by atoms with van der Waals surface area (Å²) in [6, 6.07) is 9.69. The fraction of sp³-hybridized carbons (Fsp3) is 0.517. The first kappa shape index (κ1) is 26.6. The van der Waals surface area contributed by atoms with Crippen LogP contribution in [0.1, 0.15) is 75.9 Å². The number of benzene rings is 2. The largest absolute Gasteiger partial charge is 0.507 e. The van der Waals surface area contributed by atoms with Gasteiger partial charge in [-0.25, -0.2) is 0 Å². The highest BCUT2D eigenvalue weighted by Gasteiger charge is 2.46. The van der Waals surface area contributed by atoms with Crippen LogP contribution in [-0.4, -0.2) is 45.7 Å². The van der Waals surface area contributed by atoms with Crippen LogP contribution >= 0.6 is 0 Å². The van der Waals surface area contributed by atoms with Crippen molar-refractivity contribution in [3.63, 3.8) is 0 Å². The van der Waals surface area contributed by atoms with Gasteiger partial charge < -0.3 is 14.7 Å². The van der Waals surface area contributed by atoms with E-state index in [4.69, 9.17) is 10.1 Å². The van der Waals surface area contributed by atoms with Crippen molar-refractivity contribution >= 4 is 17.3 Å². The van der Waals surface area contributed by atoms with Crippen LogP contribution < -0.4 is 4.74 Å². The van der Waals surface area contributed by atoms with Crippen LogP contribution in [-0.2, 0) is 10.8 Å². The van der Waals surface area contributed by atoms with Gasteiger partial charge in [-0.2, -0.15) is 0 Å². The highest BCUT2D eigenvalue weighted by atomic mass is 16.6. The number of carbonyl (C=O) groups is 1. The van der Waals surface area contributed by atoms with E-state index in [0.717, 1.165) is 17.5 Å². The number of ether oxygens (including phenoxy) is 1. The lowest BCUT2D eigenvalue weighted by molar-refractivity contribution is -0.384. The van der Waals surface area contributed by atoms with E-state index in [1.54, 1.807) is 12.1 Å². The number of nitrogens with one attached hydrogen (secondary N) is 1. The van der Waals surface area contributed by atoms with Gasteiger partial charge in [0.05, 0.1) is 23.4 Å². The SMILES string of the molecule is CC(C)(C)c1cc(C(=O)CN2C[C@@H]3C[C@@H](Oc4ccc([N+](=O)[O-])cc4)C[C@@H]3C2=N)cc(C(C)(C)C)c1O. The van der Waals surface area contributed by atoms with Gasteiger partial charge >= 0.3 is 0 Å². The summed E-state index contributed by atoms with van der Waals surface area (Å²) >= 11 is 0. The zero-order valence-electron chi connectivity index (χ0n) is 22.5. The number of carbonyl (C=O) groups excluding carboxylic acids is 1. The molecule has 2 fully saturated rings. The number of nitrogens with zero attached hydrogens (tertiary/aromatic N) is 2. The Balaban J connectivity index is 1.44. The minimum atomic E-state index is -0.438. The summed E-state index contributed by atoms with van der Waals surface area (Å²) in [4.78, 5) is 25.7. The first-order chi connectivity index (χ1) is 17.1. The Hall–Kier alpha value is -3.42. The number of hydrogen-bond acceptors (Lipinski definition) is 6. The topological polar surface area (TPSA) is 117 Å². The molecule has 2 N–H and O–H groups in total. The quantitative estimate of drug-likeness (QED) is 0.288. The highest BCUT2D eigenvalue weighted by molar-refractivity contribution is 6.01. The number of nitro groups is 1. The smallest absolute Gasteiger partial charge is 0.269 e. The van der Waals surface area contributed by atoms with Crippen LogP contribution in [0.15, 0.2) is 36.4 Å². The van der Waals surface area contributed by atoms with Crippen molar-refractivity contribution < 1.29 is 19.6 Å². The van der Waals surface area contributed by atoms with Gasteiger partial charge in [0.15, 0.2) is 5.78 Å². The zero-order valence-corrected chi connectivity index (χ0v) is 22.5. The second-order valence-corrected chi connectivity index (χ2v) is 12.4. The number of non-ortho nitro benzene ring substituents is 1. The molecule has 2 aromatic carbocycles. The standard InChI is InChI=1S/C29H37N3O5/c1-28(2,3)23-12-17(13-24(26(23)34)29(4,5)6)25(33)16-31-15-18-11-21(14-22(18)27(31)30)37-20-9-7-19(8-10-20)32(35)36/h7-10,12-13,18,21-22,30,34H,11,14-16H2,1-6H3/t18-,21+,22-/m0/s1. The first-order valence-corrected chi connectivity index (χ1v) is 12.8. The molecule has 0 amide bonds. The van der Waals surface area contributed by atoms with Gasteiger partial charge in [-0.1, -0.05) is 41.5 Å². The lowest BCUT2D eigenvalue weighted by atomic mass is 9.78. The molecule has 0 bridgehead atoms. The van der Waals surface area contributed by atoms with Crippen LogP contribution in [0.25, 0.3) is 0 Å². The Morgan fingerprint density at radius 1 is 1.08 bits per heavy atom. The molecule has 1 heterocycles. The number of phenols is 1. The molecule has 2 aromatic rings. The summed E-state index contributed by atoms with van der Waals surface area (Å²) in [5.41, 5.74) is 1.45. The molecule has 0 radical (unpaired) electrons. The number of rotatable bonds is 6. The molecule has 1 saturated carbocycles. The van der Waals surface area contributed by atoms with E-state index in [9.17, 15) is 20.0 Å². The minimum Gasteiger partial charge on any atom is -0.507 e. The molecular formula is C29H37N3O5. The maximum Gasteiger partial charge on any atom is 0.269 e. The number of hydrogen-bond donors (Lipinski definition) is 2. The van der Waals surface area contributed by atoms with Crippen molar-refractivity contribution in [2.45, 2.75) is 71.3 Å². The number of Topliss-reactive ketones (excluding diaryl/α,β-unsaturated/α-hetero) is 1. The summed E-state index contributed by atoms with van der Waals surface area (Å²) in [6.07, 6.45) is 1.40. The zero-order chi connectivity index (χ0) is 27.3. The van der Waals surface area contributed by atoms with E-state index in [-0.39, 0.29) is 52.5 Å². The van der Waals surface area contributed by atoms with Gasteiger partial charge in [-0.15, -0.1) is 0 Å². The molecule has 4 rings (SSSR count). The van der Waals surface area contributed by atoms with Gasteiger partial charge in [0, 0.05) is 41.3 Å². The van der Waals surface area contributed by atoms with Crippen molar-refractivity contribution in [2.75, 3.05) is 13.1 Å². The second-order valence-electron chi connectivity index (χ2n) is 12.4. The molecule has 198 valence electrons. The minimum absolute atomic E-state index is 0.0237. The van der Waals surface area contributed by atoms with Crippen LogP contribution in [0.3, 0.4) is 0 Å². The summed E-state index contributed by atoms with van der Waals surface area (Å²) in [6.45, 7) is 12.9. The van der Waals surface area contributed by atoms with Gasteiger partial charge in [-0.05, 0) is 53.9 Å². The number of likely N-dealkylation sites (tertiary alicyclic amines) is 1. The van der Waals surface area contributed by atoms with Gasteiger partial charge in [0.1, 0.15) is 11.5 Å². The maximum absolute atomic E-state index is 13.4. The average molecular weight is 508 g/mol. The van der Waals surface area contributed by atoms with Crippen molar-refractivity contribution in [1.29, 1.82) is 5.41 Å². The van der Waals surface area contributed by atoms with Crippen LogP contribution in [0.2, 0.25) is 0 Å². The average Bonchev–Trinajstić information content (AvgIpc) is 3.30. The third kappa shape index (κ3) is 5.48. The lowest BCUT2D eigenvalue weighted by Gasteiger charge is -2.28. The van der Waals surface area contributed by atoms with Gasteiger partial charge in [0.25, 0.3) is 5.69 Å². The summed E-state index contributed by atoms with van der Waals surface area (Å²) in [5, 5.41) is 30.6. The molecule has 37 heavy (non-hydrogen) atoms. The Morgan fingerprint density at radius 2 is 1.65 bits per heavy atom.